The fourth-order valence-corrected chi connectivity index (χ4v) is 2.11. The van der Waals surface area contributed by atoms with Crippen LogP contribution in [0, 0.1) is 0 Å². The Kier molecular flexibility index (Phi) is 3.01. The standard InChI is InChI=1S/C11H9FN4O5/c1-20-9-5-8(13-2-14-9)16(3-15-5)10-4(12)6(17)7(21-10)11(18)19/h2-4,7,10H,1H3,(H,18,19)/t4?,7-,10+/m0/s1. The van der Waals surface area contributed by atoms with Crippen LogP contribution in [0.15, 0.2) is 12.7 Å². The van der Waals surface area contributed by atoms with E-state index in [9.17, 15) is 14.0 Å². The van der Waals surface area contributed by atoms with Crippen LogP contribution in [0.1, 0.15) is 6.23 Å². The third-order valence-corrected chi connectivity index (χ3v) is 3.07. The summed E-state index contributed by atoms with van der Waals surface area (Å²) < 4.78 is 25.1. The number of ether oxygens (including phenoxy) is 2. The average molecular weight is 296 g/mol. The molecule has 2 aromatic heterocycles. The SMILES string of the molecule is COc1ncnc2c1ncn2[C@@H]1O[C@H](C(=O)O)C(=O)C1F. The summed E-state index contributed by atoms with van der Waals surface area (Å²) in [6.45, 7) is 0. The van der Waals surface area contributed by atoms with E-state index < -0.39 is 30.3 Å². The van der Waals surface area contributed by atoms with Crippen molar-refractivity contribution in [3.05, 3.63) is 12.7 Å². The van der Waals surface area contributed by atoms with Gasteiger partial charge in [0.2, 0.25) is 23.9 Å². The van der Waals surface area contributed by atoms with Crippen molar-refractivity contribution >= 4 is 22.9 Å². The summed E-state index contributed by atoms with van der Waals surface area (Å²) >= 11 is 0. The van der Waals surface area contributed by atoms with Gasteiger partial charge in [-0.05, 0) is 0 Å². The summed E-state index contributed by atoms with van der Waals surface area (Å²) in [6.07, 6.45) is -3.03. The molecule has 1 N–H and O–H groups in total. The molecule has 21 heavy (non-hydrogen) atoms. The van der Waals surface area contributed by atoms with Crippen molar-refractivity contribution in [2.24, 2.45) is 0 Å². The monoisotopic (exact) mass is 296 g/mol. The first-order chi connectivity index (χ1) is 10.0. The molecule has 0 aromatic carbocycles. The van der Waals surface area contributed by atoms with Gasteiger partial charge in [-0.25, -0.2) is 19.2 Å². The predicted molar refractivity (Wildman–Crippen MR) is 63.3 cm³/mol. The Hall–Kier alpha value is -2.62. The molecule has 10 heteroatoms. The van der Waals surface area contributed by atoms with Crippen LogP contribution >= 0.6 is 0 Å². The molecule has 0 spiro atoms. The van der Waals surface area contributed by atoms with Crippen LogP contribution in [0.4, 0.5) is 4.39 Å². The summed E-state index contributed by atoms with van der Waals surface area (Å²) in [5.74, 6) is -2.51. The summed E-state index contributed by atoms with van der Waals surface area (Å²) in [6, 6.07) is 0. The van der Waals surface area contributed by atoms with E-state index in [1.54, 1.807) is 0 Å². The Labute approximate surface area is 116 Å². The number of halogens is 1. The number of rotatable bonds is 3. The number of carboxylic acid groups (broad SMARTS) is 1. The maximum atomic E-state index is 14.0. The molecule has 3 heterocycles. The first kappa shape index (κ1) is 13.4. The van der Waals surface area contributed by atoms with Gasteiger partial charge >= 0.3 is 5.97 Å². The van der Waals surface area contributed by atoms with Crippen molar-refractivity contribution in [2.45, 2.75) is 18.5 Å². The van der Waals surface area contributed by atoms with Crippen LogP contribution in [0.25, 0.3) is 11.2 Å². The number of carbonyl (C=O) groups excluding carboxylic acids is 1. The van der Waals surface area contributed by atoms with Gasteiger partial charge in [-0.3, -0.25) is 9.36 Å². The highest BCUT2D eigenvalue weighted by atomic mass is 19.1. The fourth-order valence-electron chi connectivity index (χ4n) is 2.11. The van der Waals surface area contributed by atoms with Crippen LogP contribution in [0.3, 0.4) is 0 Å². The Morgan fingerprint density at radius 1 is 1.48 bits per heavy atom. The van der Waals surface area contributed by atoms with E-state index in [2.05, 4.69) is 15.0 Å². The van der Waals surface area contributed by atoms with Crippen molar-refractivity contribution in [3.8, 4) is 5.88 Å². The molecule has 0 saturated carbocycles. The van der Waals surface area contributed by atoms with Crippen molar-refractivity contribution in [2.75, 3.05) is 7.11 Å². The second kappa shape index (κ2) is 4.74. The van der Waals surface area contributed by atoms with Gasteiger partial charge in [-0.15, -0.1) is 0 Å². The number of imidazole rings is 1. The lowest BCUT2D eigenvalue weighted by molar-refractivity contribution is -0.154. The average Bonchev–Trinajstić information content (AvgIpc) is 3.01. The topological polar surface area (TPSA) is 116 Å². The zero-order valence-electron chi connectivity index (χ0n) is 10.6. The lowest BCUT2D eigenvalue weighted by atomic mass is 10.2. The highest BCUT2D eigenvalue weighted by Crippen LogP contribution is 2.32. The number of hydrogen-bond donors (Lipinski definition) is 1. The Balaban J connectivity index is 2.05. The minimum atomic E-state index is -2.12. The highest BCUT2D eigenvalue weighted by Gasteiger charge is 2.49. The van der Waals surface area contributed by atoms with Gasteiger partial charge in [0.15, 0.2) is 17.4 Å². The molecule has 3 rings (SSSR count). The molecule has 1 unspecified atom stereocenters. The summed E-state index contributed by atoms with van der Waals surface area (Å²) in [5, 5.41) is 8.83. The van der Waals surface area contributed by atoms with E-state index in [1.165, 1.54) is 19.8 Å². The molecule has 110 valence electrons. The number of aromatic nitrogens is 4. The normalized spacial score (nSPS) is 25.4. The largest absolute Gasteiger partial charge is 0.479 e. The van der Waals surface area contributed by atoms with E-state index >= 15 is 0 Å². The predicted octanol–water partition coefficient (Wildman–Crippen LogP) is -0.276. The lowest BCUT2D eigenvalue weighted by Gasteiger charge is -2.13. The molecule has 1 aliphatic heterocycles. The smallest absolute Gasteiger partial charge is 0.340 e. The molecule has 1 saturated heterocycles. The number of alkyl halides is 1. The van der Waals surface area contributed by atoms with Crippen molar-refractivity contribution < 1.29 is 28.6 Å². The number of carbonyl (C=O) groups is 2. The molecular weight excluding hydrogens is 287 g/mol. The zero-order valence-corrected chi connectivity index (χ0v) is 10.6. The number of ketones is 1. The van der Waals surface area contributed by atoms with Crippen LogP contribution in [-0.4, -0.2) is 55.8 Å². The van der Waals surface area contributed by atoms with Crippen molar-refractivity contribution in [3.63, 3.8) is 0 Å². The van der Waals surface area contributed by atoms with Gasteiger partial charge in [-0.1, -0.05) is 0 Å². The van der Waals surface area contributed by atoms with Crippen LogP contribution in [-0.2, 0) is 14.3 Å². The number of methoxy groups -OCH3 is 1. The Bertz CT molecular complexity index is 732. The number of aliphatic carboxylic acids is 1. The van der Waals surface area contributed by atoms with E-state index in [0.29, 0.717) is 0 Å². The molecule has 9 nitrogen and oxygen atoms in total. The fraction of sp³-hybridized carbons (Fsp3) is 0.364. The van der Waals surface area contributed by atoms with E-state index in [-0.39, 0.29) is 17.0 Å². The van der Waals surface area contributed by atoms with Gasteiger partial charge in [0.25, 0.3) is 0 Å². The molecular formula is C11H9FN4O5. The first-order valence-corrected chi connectivity index (χ1v) is 5.82. The van der Waals surface area contributed by atoms with Gasteiger partial charge < -0.3 is 14.6 Å². The van der Waals surface area contributed by atoms with Crippen LogP contribution in [0.2, 0.25) is 0 Å². The van der Waals surface area contributed by atoms with Gasteiger partial charge in [0.05, 0.1) is 13.4 Å². The van der Waals surface area contributed by atoms with E-state index in [0.717, 1.165) is 4.57 Å². The van der Waals surface area contributed by atoms with Crippen LogP contribution in [0.5, 0.6) is 5.88 Å². The number of fused-ring (bicyclic) bond motifs is 1. The minimum Gasteiger partial charge on any atom is -0.479 e. The number of carboxylic acids is 1. The summed E-state index contributed by atoms with van der Waals surface area (Å²) in [5.41, 5.74) is 0.426. The summed E-state index contributed by atoms with van der Waals surface area (Å²) in [7, 11) is 1.38. The van der Waals surface area contributed by atoms with Gasteiger partial charge in [0, 0.05) is 0 Å². The molecule has 1 aliphatic rings. The second-order valence-electron chi connectivity index (χ2n) is 4.26. The molecule has 2 aromatic rings. The third kappa shape index (κ3) is 1.91. The van der Waals surface area contributed by atoms with Gasteiger partial charge in [0.1, 0.15) is 6.33 Å². The molecule has 0 radical (unpaired) electrons. The minimum absolute atomic E-state index is 0.174. The quantitative estimate of drug-likeness (QED) is 0.769. The van der Waals surface area contributed by atoms with E-state index in [4.69, 9.17) is 14.6 Å². The second-order valence-corrected chi connectivity index (χ2v) is 4.26. The zero-order chi connectivity index (χ0) is 15.1. The van der Waals surface area contributed by atoms with Crippen LogP contribution < -0.4 is 4.74 Å². The Morgan fingerprint density at radius 2 is 2.24 bits per heavy atom. The van der Waals surface area contributed by atoms with Crippen molar-refractivity contribution in [1.82, 2.24) is 19.5 Å². The van der Waals surface area contributed by atoms with E-state index in [1.807, 2.05) is 0 Å². The maximum Gasteiger partial charge on any atom is 0.340 e. The molecule has 3 atom stereocenters. The molecule has 0 amide bonds. The highest BCUT2D eigenvalue weighted by molar-refractivity contribution is 6.05. The van der Waals surface area contributed by atoms with Crippen molar-refractivity contribution in [1.29, 1.82) is 0 Å². The lowest BCUT2D eigenvalue weighted by Crippen LogP contribution is -2.29. The maximum absolute atomic E-state index is 14.0. The summed E-state index contributed by atoms with van der Waals surface area (Å²) in [4.78, 5) is 34.1. The first-order valence-electron chi connectivity index (χ1n) is 5.82. The molecule has 0 bridgehead atoms. The number of hydrogen-bond acceptors (Lipinski definition) is 7. The third-order valence-electron chi connectivity index (χ3n) is 3.07. The number of Topliss-reactive ketones (excluding diaryl/α,β-unsaturated/α-hetero) is 1. The number of nitrogens with zero attached hydrogens (tertiary/aromatic N) is 4. The molecule has 1 fully saturated rings. The molecule has 0 aliphatic carbocycles. The van der Waals surface area contributed by atoms with Gasteiger partial charge in [-0.2, -0.15) is 4.98 Å². The Morgan fingerprint density at radius 3 is 2.86 bits per heavy atom.